The van der Waals surface area contributed by atoms with Crippen LogP contribution >= 0.6 is 0 Å². The van der Waals surface area contributed by atoms with E-state index in [4.69, 9.17) is 20.1 Å². The van der Waals surface area contributed by atoms with Crippen LogP contribution in [0, 0.1) is 0 Å². The van der Waals surface area contributed by atoms with Crippen molar-refractivity contribution in [1.82, 2.24) is 9.97 Å². The summed E-state index contributed by atoms with van der Waals surface area (Å²) in [6, 6.07) is 5.37. The number of nitrogens with zero attached hydrogens (tertiary/aromatic N) is 2. The molecule has 0 saturated carbocycles. The number of hydrogen-bond acceptors (Lipinski definition) is 7. The average molecular weight is 288 g/mol. The summed E-state index contributed by atoms with van der Waals surface area (Å²) in [4.78, 5) is 8.30. The monoisotopic (exact) mass is 288 g/mol. The van der Waals surface area contributed by atoms with Crippen molar-refractivity contribution in [2.75, 3.05) is 12.2 Å². The van der Waals surface area contributed by atoms with E-state index in [0.717, 1.165) is 5.56 Å². The van der Waals surface area contributed by atoms with Crippen molar-refractivity contribution >= 4 is 5.82 Å². The van der Waals surface area contributed by atoms with Crippen LogP contribution in [0.5, 0.6) is 23.1 Å². The number of nitrogens with two attached hydrogens (primary N) is 1. The number of rotatable bonds is 4. The molecule has 1 aromatic heterocycles. The van der Waals surface area contributed by atoms with Crippen LogP contribution in [0.2, 0.25) is 0 Å². The maximum absolute atomic E-state index is 5.86. The molecular formula is C14H16N4O3. The Morgan fingerprint density at radius 3 is 2.81 bits per heavy atom. The smallest absolute Gasteiger partial charge is 0.231 e. The maximum Gasteiger partial charge on any atom is 0.231 e. The van der Waals surface area contributed by atoms with E-state index in [-0.39, 0.29) is 12.7 Å². The number of benzene rings is 1. The Bertz CT molecular complexity index is 661. The Morgan fingerprint density at radius 1 is 1.24 bits per heavy atom. The molecule has 1 aliphatic rings. The predicted molar refractivity (Wildman–Crippen MR) is 76.6 cm³/mol. The first-order valence-corrected chi connectivity index (χ1v) is 6.58. The van der Waals surface area contributed by atoms with Crippen LogP contribution in [-0.4, -0.2) is 16.8 Å². The Kier molecular flexibility index (Phi) is 3.49. The van der Waals surface area contributed by atoms with Gasteiger partial charge in [-0.1, -0.05) is 13.8 Å². The highest BCUT2D eigenvalue weighted by molar-refractivity contribution is 5.52. The van der Waals surface area contributed by atoms with Crippen LogP contribution in [0.15, 0.2) is 24.5 Å². The summed E-state index contributed by atoms with van der Waals surface area (Å²) >= 11 is 0. The second-order valence-electron chi connectivity index (χ2n) is 4.86. The zero-order valence-corrected chi connectivity index (χ0v) is 11.8. The normalized spacial score (nSPS) is 12.6. The van der Waals surface area contributed by atoms with Crippen LogP contribution in [0.4, 0.5) is 5.82 Å². The van der Waals surface area contributed by atoms with Crippen molar-refractivity contribution < 1.29 is 14.2 Å². The van der Waals surface area contributed by atoms with Crippen molar-refractivity contribution in [3.05, 3.63) is 30.1 Å². The fourth-order valence-corrected chi connectivity index (χ4v) is 2.15. The highest BCUT2D eigenvalue weighted by atomic mass is 16.7. The fourth-order valence-electron chi connectivity index (χ4n) is 2.15. The van der Waals surface area contributed by atoms with Gasteiger partial charge in [0.1, 0.15) is 12.1 Å². The molecular weight excluding hydrogens is 272 g/mol. The molecule has 0 saturated heterocycles. The Morgan fingerprint density at radius 2 is 2.05 bits per heavy atom. The lowest BCUT2D eigenvalue weighted by Gasteiger charge is -2.15. The third-order valence-corrected chi connectivity index (χ3v) is 3.12. The summed E-state index contributed by atoms with van der Waals surface area (Å²) in [5.41, 5.74) is 3.39. The van der Waals surface area contributed by atoms with Crippen molar-refractivity contribution in [1.29, 1.82) is 0 Å². The molecule has 0 amide bonds. The molecule has 0 bridgehead atoms. The quantitative estimate of drug-likeness (QED) is 0.659. The van der Waals surface area contributed by atoms with Gasteiger partial charge in [-0.05, 0) is 18.1 Å². The molecule has 21 heavy (non-hydrogen) atoms. The number of ether oxygens (including phenoxy) is 3. The molecule has 1 aliphatic heterocycles. The van der Waals surface area contributed by atoms with Gasteiger partial charge in [-0.3, -0.25) is 0 Å². The van der Waals surface area contributed by atoms with E-state index >= 15 is 0 Å². The summed E-state index contributed by atoms with van der Waals surface area (Å²) in [6.07, 6.45) is 1.41. The van der Waals surface area contributed by atoms with Gasteiger partial charge in [-0.15, -0.1) is 0 Å². The number of hydrazine groups is 1. The van der Waals surface area contributed by atoms with Gasteiger partial charge in [0.05, 0.1) is 5.56 Å². The molecule has 2 heterocycles. The van der Waals surface area contributed by atoms with E-state index in [9.17, 15) is 0 Å². The number of nitrogen functional groups attached to an aromatic ring is 1. The van der Waals surface area contributed by atoms with Crippen molar-refractivity contribution in [3.8, 4) is 23.1 Å². The standard InChI is InChI=1S/C14H16N4O3/c1-8(2)12-13(18-15)16-6-17-14(12)21-9-3-4-10-11(5-9)20-7-19-10/h3-6,8H,7,15H2,1-2H3,(H,16,17,18). The van der Waals surface area contributed by atoms with Gasteiger partial charge in [0.25, 0.3) is 0 Å². The first-order chi connectivity index (χ1) is 10.2. The van der Waals surface area contributed by atoms with Crippen LogP contribution in [0.1, 0.15) is 25.3 Å². The highest BCUT2D eigenvalue weighted by Gasteiger charge is 2.18. The van der Waals surface area contributed by atoms with Gasteiger partial charge in [-0.25, -0.2) is 15.8 Å². The van der Waals surface area contributed by atoms with E-state index in [2.05, 4.69) is 15.4 Å². The highest BCUT2D eigenvalue weighted by Crippen LogP contribution is 2.38. The number of aromatic nitrogens is 2. The van der Waals surface area contributed by atoms with Crippen LogP contribution in [-0.2, 0) is 0 Å². The molecule has 0 aliphatic carbocycles. The molecule has 7 nitrogen and oxygen atoms in total. The summed E-state index contributed by atoms with van der Waals surface area (Å²) in [5.74, 6) is 8.64. The molecule has 2 aromatic rings. The molecule has 0 unspecified atom stereocenters. The maximum atomic E-state index is 5.86. The number of hydrogen-bond donors (Lipinski definition) is 2. The first kappa shape index (κ1) is 13.4. The molecule has 0 radical (unpaired) electrons. The van der Waals surface area contributed by atoms with Crippen LogP contribution in [0.3, 0.4) is 0 Å². The zero-order valence-electron chi connectivity index (χ0n) is 11.8. The second kappa shape index (κ2) is 5.45. The van der Waals surface area contributed by atoms with Gasteiger partial charge >= 0.3 is 0 Å². The SMILES string of the molecule is CC(C)c1c(NN)ncnc1Oc1ccc2c(c1)OCO2. The van der Waals surface area contributed by atoms with Crippen molar-refractivity contribution in [2.45, 2.75) is 19.8 Å². The Hall–Kier alpha value is -2.54. The van der Waals surface area contributed by atoms with Gasteiger partial charge < -0.3 is 19.6 Å². The third-order valence-electron chi connectivity index (χ3n) is 3.12. The van der Waals surface area contributed by atoms with E-state index in [0.29, 0.717) is 28.9 Å². The van der Waals surface area contributed by atoms with Gasteiger partial charge in [0.15, 0.2) is 17.3 Å². The lowest BCUT2D eigenvalue weighted by molar-refractivity contribution is 0.174. The topological polar surface area (TPSA) is 91.5 Å². The zero-order chi connectivity index (χ0) is 14.8. The lowest BCUT2D eigenvalue weighted by atomic mass is 10.1. The number of anilines is 1. The molecule has 3 rings (SSSR count). The molecule has 110 valence electrons. The average Bonchev–Trinajstić information content (AvgIpc) is 2.94. The summed E-state index contributed by atoms with van der Waals surface area (Å²) in [6.45, 7) is 4.27. The molecule has 7 heteroatoms. The van der Waals surface area contributed by atoms with Gasteiger partial charge in [-0.2, -0.15) is 0 Å². The number of fused-ring (bicyclic) bond motifs is 1. The predicted octanol–water partition coefficient (Wildman–Crippen LogP) is 2.41. The minimum Gasteiger partial charge on any atom is -0.454 e. The minimum atomic E-state index is 0.154. The minimum absolute atomic E-state index is 0.154. The van der Waals surface area contributed by atoms with Gasteiger partial charge in [0, 0.05) is 6.07 Å². The largest absolute Gasteiger partial charge is 0.454 e. The van der Waals surface area contributed by atoms with Crippen molar-refractivity contribution in [2.24, 2.45) is 5.84 Å². The van der Waals surface area contributed by atoms with E-state index in [1.807, 2.05) is 13.8 Å². The van der Waals surface area contributed by atoms with Crippen LogP contribution in [0.25, 0.3) is 0 Å². The number of nitrogens with one attached hydrogen (secondary N) is 1. The fraction of sp³-hybridized carbons (Fsp3) is 0.286. The Labute approximate surface area is 122 Å². The molecule has 3 N–H and O–H groups in total. The first-order valence-electron chi connectivity index (χ1n) is 6.58. The summed E-state index contributed by atoms with van der Waals surface area (Å²) < 4.78 is 16.5. The molecule has 1 aromatic carbocycles. The summed E-state index contributed by atoms with van der Waals surface area (Å²) in [5, 5.41) is 0. The van der Waals surface area contributed by atoms with Crippen LogP contribution < -0.4 is 25.5 Å². The third kappa shape index (κ3) is 2.55. The molecule has 0 spiro atoms. The second-order valence-corrected chi connectivity index (χ2v) is 4.86. The van der Waals surface area contributed by atoms with E-state index < -0.39 is 0 Å². The van der Waals surface area contributed by atoms with E-state index in [1.54, 1.807) is 18.2 Å². The van der Waals surface area contributed by atoms with Crippen molar-refractivity contribution in [3.63, 3.8) is 0 Å². The van der Waals surface area contributed by atoms with E-state index in [1.165, 1.54) is 6.33 Å². The molecule has 0 fully saturated rings. The van der Waals surface area contributed by atoms with Gasteiger partial charge in [0.2, 0.25) is 12.7 Å². The summed E-state index contributed by atoms with van der Waals surface area (Å²) in [7, 11) is 0. The molecule has 0 atom stereocenters. The lowest BCUT2D eigenvalue weighted by Crippen LogP contribution is -2.13. The Balaban J connectivity index is 1.94.